The summed E-state index contributed by atoms with van der Waals surface area (Å²) in [6.45, 7) is 2.87. The molecule has 0 saturated carbocycles. The quantitative estimate of drug-likeness (QED) is 0.630. The van der Waals surface area contributed by atoms with Crippen LogP contribution in [-0.2, 0) is 9.53 Å². The van der Waals surface area contributed by atoms with Crippen LogP contribution in [0.15, 0.2) is 24.4 Å². The first-order chi connectivity index (χ1) is 6.83. The normalized spacial score (nSPS) is 19.1. The molecule has 1 atom stereocenters. The van der Waals surface area contributed by atoms with Crippen molar-refractivity contribution in [1.82, 2.24) is 10.6 Å². The van der Waals surface area contributed by atoms with Crippen molar-refractivity contribution >= 4 is 5.97 Å². The van der Waals surface area contributed by atoms with Gasteiger partial charge < -0.3 is 10.1 Å². The Morgan fingerprint density at radius 2 is 2.43 bits per heavy atom. The molecule has 0 bridgehead atoms. The molecule has 1 rings (SSSR count). The molecule has 0 fully saturated rings. The largest absolute Gasteiger partial charge is 0.466 e. The van der Waals surface area contributed by atoms with Crippen LogP contribution in [0.2, 0.25) is 0 Å². The molecule has 0 saturated heterocycles. The van der Waals surface area contributed by atoms with Crippen LogP contribution >= 0.6 is 0 Å². The number of hydrogen-bond acceptors (Lipinski definition) is 4. The molecule has 4 heteroatoms. The molecule has 0 aromatic heterocycles. The second-order valence-electron chi connectivity index (χ2n) is 2.90. The highest BCUT2D eigenvalue weighted by molar-refractivity contribution is 5.69. The first-order valence-corrected chi connectivity index (χ1v) is 4.81. The summed E-state index contributed by atoms with van der Waals surface area (Å²) < 4.78 is 4.80. The van der Waals surface area contributed by atoms with Crippen molar-refractivity contribution in [2.24, 2.45) is 0 Å². The van der Waals surface area contributed by atoms with E-state index in [0.717, 1.165) is 0 Å². The highest BCUT2D eigenvalue weighted by Crippen LogP contribution is 1.91. The van der Waals surface area contributed by atoms with Crippen LogP contribution in [-0.4, -0.2) is 25.3 Å². The van der Waals surface area contributed by atoms with E-state index in [1.54, 1.807) is 0 Å². The lowest BCUT2D eigenvalue weighted by Gasteiger charge is -2.16. The molecule has 1 unspecified atom stereocenters. The molecular formula is C10H16N2O2. The summed E-state index contributed by atoms with van der Waals surface area (Å²) in [6.07, 6.45) is 8.26. The molecule has 0 aliphatic carbocycles. The second-order valence-corrected chi connectivity index (χ2v) is 2.90. The molecule has 78 valence electrons. The number of carbonyl (C=O) groups is 1. The minimum atomic E-state index is -0.157. The van der Waals surface area contributed by atoms with Crippen LogP contribution < -0.4 is 10.6 Å². The number of esters is 1. The van der Waals surface area contributed by atoms with Gasteiger partial charge in [-0.15, -0.1) is 0 Å². The molecule has 2 N–H and O–H groups in total. The average molecular weight is 196 g/mol. The monoisotopic (exact) mass is 196 g/mol. The lowest BCUT2D eigenvalue weighted by Crippen LogP contribution is -2.39. The molecule has 14 heavy (non-hydrogen) atoms. The first kappa shape index (κ1) is 10.8. The number of allylic oxidation sites excluding steroid dienone is 2. The molecule has 0 amide bonds. The van der Waals surface area contributed by atoms with Crippen LogP contribution in [0.3, 0.4) is 0 Å². The molecule has 4 nitrogen and oxygen atoms in total. The van der Waals surface area contributed by atoms with Crippen LogP contribution in [0.5, 0.6) is 0 Å². The Hall–Kier alpha value is -1.29. The Labute approximate surface area is 84.0 Å². The van der Waals surface area contributed by atoms with Crippen molar-refractivity contribution in [2.45, 2.75) is 19.5 Å². The fraction of sp³-hybridized carbons (Fsp3) is 0.500. The summed E-state index contributed by atoms with van der Waals surface area (Å²) in [4.78, 5) is 11.0. The highest BCUT2D eigenvalue weighted by atomic mass is 16.5. The molecule has 0 spiro atoms. The third kappa shape index (κ3) is 4.09. The Morgan fingerprint density at radius 1 is 1.57 bits per heavy atom. The molecular weight excluding hydrogens is 180 g/mol. The molecule has 0 aromatic rings. The van der Waals surface area contributed by atoms with Crippen molar-refractivity contribution in [1.29, 1.82) is 0 Å². The second kappa shape index (κ2) is 6.21. The van der Waals surface area contributed by atoms with E-state index in [1.807, 2.05) is 31.4 Å². The van der Waals surface area contributed by atoms with Crippen molar-refractivity contribution in [2.75, 3.05) is 13.2 Å². The fourth-order valence-electron chi connectivity index (χ4n) is 1.14. The predicted octanol–water partition coefficient (Wildman–Crippen LogP) is 0.528. The van der Waals surface area contributed by atoms with Crippen molar-refractivity contribution < 1.29 is 9.53 Å². The number of hydrogen-bond donors (Lipinski definition) is 2. The minimum Gasteiger partial charge on any atom is -0.466 e. The molecule has 0 radical (unpaired) electrons. The van der Waals surface area contributed by atoms with Crippen molar-refractivity contribution in [3.8, 4) is 0 Å². The highest BCUT2D eigenvalue weighted by Gasteiger charge is 2.05. The zero-order valence-electron chi connectivity index (χ0n) is 8.32. The lowest BCUT2D eigenvalue weighted by atomic mass is 10.3. The van der Waals surface area contributed by atoms with E-state index in [0.29, 0.717) is 19.6 Å². The number of dihydropyridines is 1. The summed E-state index contributed by atoms with van der Waals surface area (Å²) in [5, 5.41) is 6.26. The Kier molecular flexibility index (Phi) is 4.78. The van der Waals surface area contributed by atoms with Crippen LogP contribution in [0.25, 0.3) is 0 Å². The number of rotatable bonds is 5. The van der Waals surface area contributed by atoms with Crippen LogP contribution in [0.1, 0.15) is 13.3 Å². The van der Waals surface area contributed by atoms with Gasteiger partial charge >= 0.3 is 5.97 Å². The molecule has 1 aliphatic heterocycles. The Morgan fingerprint density at radius 3 is 3.07 bits per heavy atom. The summed E-state index contributed by atoms with van der Waals surface area (Å²) in [7, 11) is 0. The van der Waals surface area contributed by atoms with Gasteiger partial charge in [-0.05, 0) is 25.3 Å². The van der Waals surface area contributed by atoms with E-state index in [4.69, 9.17) is 4.74 Å². The van der Waals surface area contributed by atoms with E-state index in [2.05, 4.69) is 10.6 Å². The molecule has 1 aliphatic rings. The zero-order valence-corrected chi connectivity index (χ0v) is 8.32. The molecule has 0 aromatic carbocycles. The van der Waals surface area contributed by atoms with Gasteiger partial charge in [0.1, 0.15) is 0 Å². The number of carbonyl (C=O) groups excluding carboxylic acids is 1. The maximum atomic E-state index is 11.0. The van der Waals surface area contributed by atoms with Crippen molar-refractivity contribution in [3.63, 3.8) is 0 Å². The third-order valence-electron chi connectivity index (χ3n) is 1.79. The van der Waals surface area contributed by atoms with Gasteiger partial charge in [-0.1, -0.05) is 6.08 Å². The molecule has 1 heterocycles. The van der Waals surface area contributed by atoms with Gasteiger partial charge in [0.25, 0.3) is 0 Å². The number of ether oxygens (including phenoxy) is 1. The maximum Gasteiger partial charge on any atom is 0.307 e. The Balaban J connectivity index is 2.06. The van der Waals surface area contributed by atoms with Gasteiger partial charge in [-0.2, -0.15) is 0 Å². The number of nitrogens with one attached hydrogen (secondary N) is 2. The zero-order chi connectivity index (χ0) is 10.2. The third-order valence-corrected chi connectivity index (χ3v) is 1.79. The van der Waals surface area contributed by atoms with E-state index in [-0.39, 0.29) is 12.1 Å². The van der Waals surface area contributed by atoms with E-state index < -0.39 is 0 Å². The van der Waals surface area contributed by atoms with Gasteiger partial charge in [-0.3, -0.25) is 10.1 Å². The van der Waals surface area contributed by atoms with Gasteiger partial charge in [0.2, 0.25) is 0 Å². The van der Waals surface area contributed by atoms with E-state index in [1.165, 1.54) is 0 Å². The van der Waals surface area contributed by atoms with Gasteiger partial charge in [-0.25, -0.2) is 0 Å². The van der Waals surface area contributed by atoms with Crippen LogP contribution in [0.4, 0.5) is 0 Å². The summed E-state index contributed by atoms with van der Waals surface area (Å²) in [5.41, 5.74) is 0. The Bertz CT molecular complexity index is 236. The van der Waals surface area contributed by atoms with Crippen LogP contribution in [0, 0.1) is 0 Å². The standard InChI is InChI=1S/C10H16N2O2/c1-2-14-10(13)6-8-12-9-5-3-4-7-11-9/h3-5,7,9,11-12H,2,6,8H2,1H3. The topological polar surface area (TPSA) is 50.4 Å². The van der Waals surface area contributed by atoms with Gasteiger partial charge in [0.05, 0.1) is 19.2 Å². The SMILES string of the molecule is CCOC(=O)CCNC1C=CC=CN1. The predicted molar refractivity (Wildman–Crippen MR) is 54.5 cm³/mol. The van der Waals surface area contributed by atoms with E-state index >= 15 is 0 Å². The lowest BCUT2D eigenvalue weighted by molar-refractivity contribution is -0.142. The fourth-order valence-corrected chi connectivity index (χ4v) is 1.14. The smallest absolute Gasteiger partial charge is 0.307 e. The maximum absolute atomic E-state index is 11.0. The first-order valence-electron chi connectivity index (χ1n) is 4.81. The van der Waals surface area contributed by atoms with Crippen molar-refractivity contribution in [3.05, 3.63) is 24.4 Å². The van der Waals surface area contributed by atoms with Gasteiger partial charge in [0.15, 0.2) is 0 Å². The summed E-state index contributed by atoms with van der Waals surface area (Å²) >= 11 is 0. The average Bonchev–Trinajstić information content (AvgIpc) is 2.20. The van der Waals surface area contributed by atoms with Gasteiger partial charge in [0, 0.05) is 6.54 Å². The summed E-state index contributed by atoms with van der Waals surface area (Å²) in [6, 6.07) is 0. The summed E-state index contributed by atoms with van der Waals surface area (Å²) in [5.74, 6) is -0.157. The minimum absolute atomic E-state index is 0.120. The van der Waals surface area contributed by atoms with E-state index in [9.17, 15) is 4.79 Å².